The monoisotopic (exact) mass is 281 g/mol. The first-order valence-electron chi connectivity index (χ1n) is 4.32. The Hall–Kier alpha value is 0.229. The first kappa shape index (κ1) is 12.2. The summed E-state index contributed by atoms with van der Waals surface area (Å²) in [5, 5.41) is 2.79. The number of hydrogen-bond donors (Lipinski definition) is 1. The third-order valence-corrected chi connectivity index (χ3v) is 10.9. The standard InChI is InChI=1S/C3H6NO2.C3H7.2CH3.Sn/c1-6-3-4-2-5;1-3-2;;;/h3H2,1H3,(H,4,5);1,3H2,2H3;2*1H3;. The average molecular weight is 280 g/mol. The molecule has 0 aromatic heterocycles. The van der Waals surface area contributed by atoms with E-state index in [0.717, 1.165) is 10.9 Å². The van der Waals surface area contributed by atoms with Crippen LogP contribution < -0.4 is 5.32 Å². The maximum atomic E-state index is 11.5. The summed E-state index contributed by atoms with van der Waals surface area (Å²) in [5.74, 6) is 0. The summed E-state index contributed by atoms with van der Waals surface area (Å²) in [7, 11) is 1.59. The van der Waals surface area contributed by atoms with Gasteiger partial charge in [0.1, 0.15) is 0 Å². The summed E-state index contributed by atoms with van der Waals surface area (Å²) in [6, 6.07) is 0. The van der Waals surface area contributed by atoms with Crippen molar-refractivity contribution in [2.45, 2.75) is 27.7 Å². The summed E-state index contributed by atoms with van der Waals surface area (Å²) in [6.45, 7) is 2.48. The van der Waals surface area contributed by atoms with Crippen molar-refractivity contribution >= 4 is 22.3 Å². The van der Waals surface area contributed by atoms with Crippen LogP contribution in [0.3, 0.4) is 0 Å². The van der Waals surface area contributed by atoms with Gasteiger partial charge in [-0.25, -0.2) is 0 Å². The summed E-state index contributed by atoms with van der Waals surface area (Å²) in [5.41, 5.74) is 0. The van der Waals surface area contributed by atoms with Crippen molar-refractivity contribution in [1.29, 1.82) is 0 Å². The Balaban J connectivity index is 3.88. The number of carbonyl (C=O) groups is 1. The Morgan fingerprint density at radius 2 is 2.08 bits per heavy atom. The fourth-order valence-corrected chi connectivity index (χ4v) is 6.90. The van der Waals surface area contributed by atoms with Crippen LogP contribution in [0.2, 0.25) is 14.3 Å². The predicted molar refractivity (Wildman–Crippen MR) is 53.0 cm³/mol. The average Bonchev–Trinajstić information content (AvgIpc) is 2.00. The second-order valence-corrected chi connectivity index (χ2v) is 17.0. The van der Waals surface area contributed by atoms with Crippen LogP contribution in [-0.2, 0) is 4.74 Å². The molecule has 12 heavy (non-hydrogen) atoms. The molecule has 0 saturated heterocycles. The molecule has 0 unspecified atom stereocenters. The molecule has 72 valence electrons. The van der Waals surface area contributed by atoms with Gasteiger partial charge in [-0.1, -0.05) is 0 Å². The molecule has 1 N–H and O–H groups in total. The van der Waals surface area contributed by atoms with E-state index in [4.69, 9.17) is 4.74 Å². The SMILES string of the molecule is CC[CH2][Sn]([CH3])([CH3])[C](=O)NCOC. The Labute approximate surface area is 78.7 Å². The minimum atomic E-state index is -2.39. The van der Waals surface area contributed by atoms with Gasteiger partial charge in [-0.2, -0.15) is 0 Å². The quantitative estimate of drug-likeness (QED) is 0.618. The first-order valence-corrected chi connectivity index (χ1v) is 13.5. The van der Waals surface area contributed by atoms with Crippen molar-refractivity contribution in [3.63, 3.8) is 0 Å². The zero-order valence-electron chi connectivity index (χ0n) is 8.44. The van der Waals surface area contributed by atoms with Crippen LogP contribution in [0.1, 0.15) is 13.3 Å². The zero-order valence-corrected chi connectivity index (χ0v) is 11.3. The molecule has 3 nitrogen and oxygen atoms in total. The summed E-state index contributed by atoms with van der Waals surface area (Å²) >= 11 is -2.39. The maximum absolute atomic E-state index is 11.5. The number of amides is 1. The van der Waals surface area contributed by atoms with Crippen molar-refractivity contribution < 1.29 is 9.53 Å². The van der Waals surface area contributed by atoms with Crippen molar-refractivity contribution in [3.05, 3.63) is 0 Å². The van der Waals surface area contributed by atoms with Gasteiger partial charge in [-0.15, -0.1) is 0 Å². The Kier molecular flexibility index (Phi) is 5.91. The van der Waals surface area contributed by atoms with Crippen LogP contribution in [0, 0.1) is 0 Å². The minimum absolute atomic E-state index is 0.271. The van der Waals surface area contributed by atoms with Gasteiger partial charge in [0.25, 0.3) is 0 Å². The zero-order chi connectivity index (χ0) is 9.61. The van der Waals surface area contributed by atoms with E-state index in [9.17, 15) is 4.79 Å². The third kappa shape index (κ3) is 4.30. The second kappa shape index (κ2) is 5.80. The third-order valence-electron chi connectivity index (χ3n) is 1.87. The van der Waals surface area contributed by atoms with E-state index in [1.807, 2.05) is 0 Å². The molecule has 0 spiro atoms. The molecule has 0 radical (unpaired) electrons. The van der Waals surface area contributed by atoms with Crippen LogP contribution >= 0.6 is 0 Å². The van der Waals surface area contributed by atoms with Crippen molar-refractivity contribution in [2.24, 2.45) is 0 Å². The molecule has 0 aliphatic heterocycles. The van der Waals surface area contributed by atoms with E-state index in [0.29, 0.717) is 6.73 Å². The number of carbonyl (C=O) groups excluding carboxylic acids is 1. The molecule has 0 aromatic carbocycles. The molecular formula is C8H19NO2Sn. The Morgan fingerprint density at radius 1 is 1.50 bits per heavy atom. The van der Waals surface area contributed by atoms with E-state index in [-0.39, 0.29) is 3.92 Å². The van der Waals surface area contributed by atoms with E-state index in [2.05, 4.69) is 22.1 Å². The summed E-state index contributed by atoms with van der Waals surface area (Å²) in [4.78, 5) is 15.8. The molecule has 0 bridgehead atoms. The molecular weight excluding hydrogens is 261 g/mol. The van der Waals surface area contributed by atoms with Crippen LogP contribution in [0.4, 0.5) is 4.79 Å². The predicted octanol–water partition coefficient (Wildman–Crippen LogP) is 2.00. The number of hydrogen-bond acceptors (Lipinski definition) is 2. The van der Waals surface area contributed by atoms with Gasteiger partial charge in [0.15, 0.2) is 0 Å². The van der Waals surface area contributed by atoms with Gasteiger partial charge in [-0.3, -0.25) is 0 Å². The molecule has 0 aliphatic rings. The van der Waals surface area contributed by atoms with Gasteiger partial charge in [-0.05, 0) is 0 Å². The van der Waals surface area contributed by atoms with Crippen molar-refractivity contribution in [3.8, 4) is 0 Å². The number of nitrogens with one attached hydrogen (secondary N) is 1. The van der Waals surface area contributed by atoms with Crippen LogP contribution in [0.5, 0.6) is 0 Å². The van der Waals surface area contributed by atoms with Gasteiger partial charge in [0.05, 0.1) is 0 Å². The fourth-order valence-electron chi connectivity index (χ4n) is 1.12. The van der Waals surface area contributed by atoms with Crippen molar-refractivity contribution in [2.75, 3.05) is 13.8 Å². The van der Waals surface area contributed by atoms with Gasteiger partial charge in [0, 0.05) is 0 Å². The van der Waals surface area contributed by atoms with E-state index < -0.39 is 18.4 Å². The van der Waals surface area contributed by atoms with E-state index in [1.54, 1.807) is 7.11 Å². The van der Waals surface area contributed by atoms with E-state index >= 15 is 0 Å². The Bertz CT molecular complexity index is 148. The summed E-state index contributed by atoms with van der Waals surface area (Å²) < 4.78 is 6.17. The molecule has 0 rings (SSSR count). The van der Waals surface area contributed by atoms with Gasteiger partial charge < -0.3 is 0 Å². The van der Waals surface area contributed by atoms with Crippen LogP contribution in [0.25, 0.3) is 0 Å². The number of methoxy groups -OCH3 is 1. The topological polar surface area (TPSA) is 38.3 Å². The molecule has 0 atom stereocenters. The van der Waals surface area contributed by atoms with Gasteiger partial charge >= 0.3 is 78.6 Å². The van der Waals surface area contributed by atoms with Gasteiger partial charge in [0.2, 0.25) is 0 Å². The normalized spacial score (nSPS) is 11.3. The van der Waals surface area contributed by atoms with Crippen LogP contribution in [0.15, 0.2) is 0 Å². The fraction of sp³-hybridized carbons (Fsp3) is 0.875. The molecule has 0 heterocycles. The molecule has 0 saturated carbocycles. The molecule has 0 fully saturated rings. The van der Waals surface area contributed by atoms with E-state index in [1.165, 1.54) is 0 Å². The molecule has 0 aromatic rings. The Morgan fingerprint density at radius 3 is 2.50 bits per heavy atom. The first-order chi connectivity index (χ1) is 5.54. The number of rotatable bonds is 5. The summed E-state index contributed by atoms with van der Waals surface area (Å²) in [6.07, 6.45) is 1.11. The molecule has 0 aliphatic carbocycles. The second-order valence-electron chi connectivity index (χ2n) is 3.57. The molecule has 1 amide bonds. The number of ether oxygens (including phenoxy) is 1. The van der Waals surface area contributed by atoms with Crippen molar-refractivity contribution in [1.82, 2.24) is 5.32 Å². The van der Waals surface area contributed by atoms with Crippen LogP contribution in [-0.4, -0.2) is 36.1 Å². The molecule has 4 heteroatoms.